The molecule has 1 saturated heterocycles. The normalized spacial score (nSPS) is 20.0. The van der Waals surface area contributed by atoms with Crippen molar-refractivity contribution in [1.29, 1.82) is 0 Å². The van der Waals surface area contributed by atoms with Crippen molar-refractivity contribution in [3.8, 4) is 11.5 Å². The first kappa shape index (κ1) is 21.1. The molecule has 1 fully saturated rings. The van der Waals surface area contributed by atoms with Crippen LogP contribution in [0.25, 0.3) is 0 Å². The summed E-state index contributed by atoms with van der Waals surface area (Å²) in [7, 11) is 0. The second-order valence-corrected chi connectivity index (χ2v) is 8.71. The fourth-order valence-corrected chi connectivity index (χ4v) is 4.63. The second kappa shape index (κ2) is 9.81. The third-order valence-electron chi connectivity index (χ3n) is 6.44. The van der Waals surface area contributed by atoms with E-state index in [0.29, 0.717) is 19.0 Å². The number of rotatable bonds is 8. The number of benzene rings is 2. The number of aliphatic hydroxyl groups is 1. The Morgan fingerprint density at radius 2 is 1.72 bits per heavy atom. The number of hydrazine groups is 2. The van der Waals surface area contributed by atoms with E-state index in [2.05, 4.69) is 46.3 Å². The first-order valence-electron chi connectivity index (χ1n) is 11.6. The number of hydrogen-bond donors (Lipinski definition) is 3. The lowest BCUT2D eigenvalue weighted by Crippen LogP contribution is -2.50. The van der Waals surface area contributed by atoms with Gasteiger partial charge in [0.05, 0.1) is 6.04 Å². The van der Waals surface area contributed by atoms with Crippen LogP contribution >= 0.6 is 0 Å². The van der Waals surface area contributed by atoms with E-state index in [-0.39, 0.29) is 6.04 Å². The third-order valence-corrected chi connectivity index (χ3v) is 6.44. The van der Waals surface area contributed by atoms with Crippen LogP contribution < -0.4 is 20.4 Å². The maximum Gasteiger partial charge on any atom is 0.161 e. The molecule has 0 aliphatic carbocycles. The average molecular weight is 437 g/mol. The zero-order valence-corrected chi connectivity index (χ0v) is 18.4. The Hall–Kier alpha value is -2.74. The van der Waals surface area contributed by atoms with Gasteiger partial charge in [0, 0.05) is 18.4 Å². The van der Waals surface area contributed by atoms with Gasteiger partial charge >= 0.3 is 0 Å². The highest BCUT2D eigenvalue weighted by atomic mass is 16.6. The van der Waals surface area contributed by atoms with Gasteiger partial charge < -0.3 is 24.9 Å². The molecule has 0 saturated carbocycles. The van der Waals surface area contributed by atoms with Crippen molar-refractivity contribution in [1.82, 2.24) is 20.9 Å². The molecule has 2 atom stereocenters. The molecule has 0 aromatic heterocycles. The first-order chi connectivity index (χ1) is 15.8. The third kappa shape index (κ3) is 4.85. The summed E-state index contributed by atoms with van der Waals surface area (Å²) in [6.45, 7) is 4.04. The van der Waals surface area contributed by atoms with E-state index in [1.807, 2.05) is 29.3 Å². The summed E-state index contributed by atoms with van der Waals surface area (Å²) >= 11 is 0. The van der Waals surface area contributed by atoms with E-state index < -0.39 is 6.10 Å². The van der Waals surface area contributed by atoms with Crippen LogP contribution in [0.15, 0.2) is 60.4 Å². The van der Waals surface area contributed by atoms with Crippen LogP contribution in [0, 0.1) is 0 Å². The zero-order chi connectivity index (χ0) is 21.8. The quantitative estimate of drug-likeness (QED) is 0.588. The number of aliphatic hydroxyl groups excluding tert-OH is 1. The number of aryl methyl sites for hydroxylation is 1. The van der Waals surface area contributed by atoms with Crippen molar-refractivity contribution >= 4 is 0 Å². The number of nitrogens with zero attached hydrogens (tertiary/aromatic N) is 2. The van der Waals surface area contributed by atoms with Gasteiger partial charge in [-0.1, -0.05) is 36.4 Å². The Bertz CT molecular complexity index is 930. The van der Waals surface area contributed by atoms with Crippen LogP contribution in [0.4, 0.5) is 0 Å². The molecule has 2 aromatic carbocycles. The lowest BCUT2D eigenvalue weighted by molar-refractivity contribution is 0.0300. The molecule has 3 aliphatic heterocycles. The molecular formula is C25H32N4O3. The molecule has 170 valence electrons. The van der Waals surface area contributed by atoms with Crippen molar-refractivity contribution in [3.05, 3.63) is 71.6 Å². The molecule has 0 spiro atoms. The molecule has 2 aromatic rings. The number of hydrogen-bond acceptors (Lipinski definition) is 7. The molecule has 32 heavy (non-hydrogen) atoms. The largest absolute Gasteiger partial charge is 0.486 e. The summed E-state index contributed by atoms with van der Waals surface area (Å²) < 4.78 is 11.4. The Kier molecular flexibility index (Phi) is 6.48. The van der Waals surface area contributed by atoms with E-state index in [0.717, 1.165) is 49.5 Å². The van der Waals surface area contributed by atoms with Crippen molar-refractivity contribution in [2.24, 2.45) is 0 Å². The molecule has 3 N–H and O–H groups in total. The van der Waals surface area contributed by atoms with Crippen molar-refractivity contribution < 1.29 is 14.6 Å². The molecule has 0 bridgehead atoms. The molecule has 7 heteroatoms. The average Bonchev–Trinajstić information content (AvgIpc) is 3.53. The van der Waals surface area contributed by atoms with Crippen LogP contribution in [-0.2, 0) is 6.42 Å². The minimum Gasteiger partial charge on any atom is -0.486 e. The minimum atomic E-state index is -0.676. The number of likely N-dealkylation sites (tertiary alicyclic amines) is 1. The number of ether oxygens (including phenoxy) is 2. The molecule has 3 aliphatic rings. The standard InChI is InChI=1S/C25H32N4O3/c30-25(20-9-11-23-24(16-20)32-15-14-31-23)22(18-28-12-4-5-13-28)29-17-21(26-27-29)10-8-19-6-2-1-3-7-19/h1-3,6-7,9,11,16-17,22,25-27,30H,4-5,8,10,12-15,18H2/t22-,25-/m1/s1. The van der Waals surface area contributed by atoms with Gasteiger partial charge in [0.25, 0.3) is 0 Å². The van der Waals surface area contributed by atoms with E-state index in [9.17, 15) is 5.11 Å². The molecule has 0 amide bonds. The highest BCUT2D eigenvalue weighted by Crippen LogP contribution is 2.34. The summed E-state index contributed by atoms with van der Waals surface area (Å²) in [6.07, 6.45) is 5.74. The van der Waals surface area contributed by atoms with Crippen LogP contribution in [0.5, 0.6) is 11.5 Å². The van der Waals surface area contributed by atoms with E-state index in [1.54, 1.807) is 0 Å². The fraction of sp³-hybridized carbons (Fsp3) is 0.440. The van der Waals surface area contributed by atoms with Crippen LogP contribution in [-0.4, -0.2) is 53.9 Å². The van der Waals surface area contributed by atoms with Crippen LogP contribution in [0.3, 0.4) is 0 Å². The Morgan fingerprint density at radius 3 is 2.53 bits per heavy atom. The topological polar surface area (TPSA) is 69.2 Å². The Morgan fingerprint density at radius 1 is 0.938 bits per heavy atom. The van der Waals surface area contributed by atoms with Gasteiger partial charge in [0.15, 0.2) is 11.5 Å². The number of fused-ring (bicyclic) bond motifs is 1. The summed E-state index contributed by atoms with van der Waals surface area (Å²) in [5.74, 6) is 1.45. The van der Waals surface area contributed by atoms with E-state index in [1.165, 1.54) is 18.4 Å². The van der Waals surface area contributed by atoms with Gasteiger partial charge in [-0.3, -0.25) is 5.01 Å². The summed E-state index contributed by atoms with van der Waals surface area (Å²) in [6, 6.07) is 16.1. The predicted octanol–water partition coefficient (Wildman–Crippen LogP) is 2.75. The van der Waals surface area contributed by atoms with Crippen LogP contribution in [0.2, 0.25) is 0 Å². The molecule has 7 nitrogen and oxygen atoms in total. The zero-order valence-electron chi connectivity index (χ0n) is 18.4. The van der Waals surface area contributed by atoms with Gasteiger partial charge in [0.1, 0.15) is 19.3 Å². The predicted molar refractivity (Wildman–Crippen MR) is 123 cm³/mol. The lowest BCUT2D eigenvalue weighted by atomic mass is 10.0. The Balaban J connectivity index is 1.32. The summed E-state index contributed by atoms with van der Waals surface area (Å²) in [5.41, 5.74) is 9.86. The molecular weight excluding hydrogens is 404 g/mol. The summed E-state index contributed by atoms with van der Waals surface area (Å²) in [5, 5.41) is 13.5. The molecule has 3 heterocycles. The van der Waals surface area contributed by atoms with Gasteiger partial charge in [-0.05, 0) is 62.0 Å². The number of allylic oxidation sites excluding steroid dienone is 1. The maximum atomic E-state index is 11.4. The van der Waals surface area contributed by atoms with Crippen molar-refractivity contribution in [2.75, 3.05) is 32.8 Å². The van der Waals surface area contributed by atoms with Gasteiger partial charge in [-0.2, -0.15) is 0 Å². The second-order valence-electron chi connectivity index (χ2n) is 8.71. The first-order valence-corrected chi connectivity index (χ1v) is 11.6. The van der Waals surface area contributed by atoms with Gasteiger partial charge in [0.2, 0.25) is 0 Å². The number of nitrogens with one attached hydrogen (secondary N) is 2. The molecule has 0 radical (unpaired) electrons. The van der Waals surface area contributed by atoms with Crippen LogP contribution in [0.1, 0.15) is 36.5 Å². The molecule has 5 rings (SSSR count). The monoisotopic (exact) mass is 436 g/mol. The van der Waals surface area contributed by atoms with E-state index in [4.69, 9.17) is 9.47 Å². The minimum absolute atomic E-state index is 0.141. The molecule has 0 unspecified atom stereocenters. The Labute approximate surface area is 189 Å². The maximum absolute atomic E-state index is 11.4. The SMILES string of the molecule is O[C@H](c1ccc2c(c1)OCCO2)[C@@H](CN1CCCC1)N1C=C(CCc2ccccc2)NN1. The van der Waals surface area contributed by atoms with Crippen molar-refractivity contribution in [2.45, 2.75) is 37.8 Å². The summed E-state index contributed by atoms with van der Waals surface area (Å²) in [4.78, 5) is 2.43. The van der Waals surface area contributed by atoms with Gasteiger partial charge in [-0.15, -0.1) is 5.53 Å². The fourth-order valence-electron chi connectivity index (χ4n) is 4.63. The highest BCUT2D eigenvalue weighted by molar-refractivity contribution is 5.44. The van der Waals surface area contributed by atoms with Crippen molar-refractivity contribution in [3.63, 3.8) is 0 Å². The van der Waals surface area contributed by atoms with E-state index >= 15 is 0 Å². The van der Waals surface area contributed by atoms with Gasteiger partial charge in [-0.25, -0.2) is 0 Å². The lowest BCUT2D eigenvalue weighted by Gasteiger charge is -2.34. The smallest absolute Gasteiger partial charge is 0.161 e. The highest BCUT2D eigenvalue weighted by Gasteiger charge is 2.32.